The van der Waals surface area contributed by atoms with Crippen molar-refractivity contribution < 1.29 is 33.0 Å². The van der Waals surface area contributed by atoms with Crippen LogP contribution in [0.1, 0.15) is 24.0 Å². The Morgan fingerprint density at radius 1 is 0.872 bits per heavy atom. The van der Waals surface area contributed by atoms with E-state index < -0.39 is 35.2 Å². The van der Waals surface area contributed by atoms with Crippen molar-refractivity contribution in [2.75, 3.05) is 16.3 Å². The van der Waals surface area contributed by atoms with Gasteiger partial charge in [0.25, 0.3) is 0 Å². The molecule has 0 radical (unpaired) electrons. The van der Waals surface area contributed by atoms with Crippen LogP contribution in [0.5, 0.6) is 11.5 Å². The lowest BCUT2D eigenvalue weighted by molar-refractivity contribution is -0.137. The Labute approximate surface area is 221 Å². The average molecular weight is 534 g/mol. The minimum atomic E-state index is -4.69. The third-order valence-corrected chi connectivity index (χ3v) is 6.57. The summed E-state index contributed by atoms with van der Waals surface area (Å²) in [5, 5.41) is 21.4. The first-order valence-electron chi connectivity index (χ1n) is 12.0. The highest BCUT2D eigenvalue weighted by Crippen LogP contribution is 2.46. The van der Waals surface area contributed by atoms with Crippen LogP contribution in [0.3, 0.4) is 0 Å². The number of phenols is 2. The summed E-state index contributed by atoms with van der Waals surface area (Å²) in [4.78, 5) is 34.5. The Bertz CT molecular complexity index is 1560. The van der Waals surface area contributed by atoms with Gasteiger partial charge in [0.2, 0.25) is 11.8 Å². The fourth-order valence-electron chi connectivity index (χ4n) is 4.75. The van der Waals surface area contributed by atoms with Crippen molar-refractivity contribution in [3.63, 3.8) is 0 Å². The molecule has 0 aliphatic carbocycles. The van der Waals surface area contributed by atoms with Crippen molar-refractivity contribution in [3.8, 4) is 22.6 Å². The van der Waals surface area contributed by atoms with E-state index in [1.165, 1.54) is 29.4 Å². The number of nitrogens with zero attached hydrogens (tertiary/aromatic N) is 3. The van der Waals surface area contributed by atoms with Crippen LogP contribution in [0.15, 0.2) is 85.2 Å². The van der Waals surface area contributed by atoms with Gasteiger partial charge in [0, 0.05) is 47.4 Å². The number of aromatic nitrogens is 1. The van der Waals surface area contributed by atoms with Crippen molar-refractivity contribution in [1.29, 1.82) is 0 Å². The van der Waals surface area contributed by atoms with Gasteiger partial charge in [0.15, 0.2) is 0 Å². The van der Waals surface area contributed by atoms with Crippen LogP contribution in [0.4, 0.5) is 30.2 Å². The van der Waals surface area contributed by atoms with Crippen LogP contribution in [-0.4, -0.2) is 33.6 Å². The molecule has 1 unspecified atom stereocenters. The number of rotatable bonds is 4. The normalized spacial score (nSPS) is 15.7. The zero-order valence-electron chi connectivity index (χ0n) is 20.6. The number of pyridine rings is 1. The second kappa shape index (κ2) is 9.79. The number of carbonyl (C=O) groups is 2. The summed E-state index contributed by atoms with van der Waals surface area (Å²) < 4.78 is 41.2. The lowest BCUT2D eigenvalue weighted by Crippen LogP contribution is -2.39. The molecule has 7 nitrogen and oxygen atoms in total. The maximum atomic E-state index is 14.2. The number of phenolic OH excluding ortho intramolecular Hbond substituents is 2. The molecule has 1 aliphatic heterocycles. The molecule has 2 N–H and O–H groups in total. The molecule has 39 heavy (non-hydrogen) atoms. The summed E-state index contributed by atoms with van der Waals surface area (Å²) in [5.41, 5.74) is -0.176. The largest absolute Gasteiger partial charge is 0.507 e. The summed E-state index contributed by atoms with van der Waals surface area (Å²) in [6.45, 7) is 1.68. The molecular weight excluding hydrogens is 511 g/mol. The first-order chi connectivity index (χ1) is 18.6. The number of amides is 2. The van der Waals surface area contributed by atoms with Gasteiger partial charge in [0.1, 0.15) is 17.4 Å². The highest BCUT2D eigenvalue weighted by atomic mass is 19.4. The Morgan fingerprint density at radius 2 is 1.62 bits per heavy atom. The lowest BCUT2D eigenvalue weighted by atomic mass is 9.91. The van der Waals surface area contributed by atoms with Crippen molar-refractivity contribution >= 4 is 28.9 Å². The van der Waals surface area contributed by atoms with E-state index in [0.29, 0.717) is 5.56 Å². The number of para-hydroxylation sites is 1. The SMILES string of the molecule is CCN1C(=O)C(c2cc(-c3cccnc3)c(O)cc2O)C(=O)N(c2ccccc2)c2cc(C(F)(F)F)ccc21. The fourth-order valence-corrected chi connectivity index (χ4v) is 4.75. The summed E-state index contributed by atoms with van der Waals surface area (Å²) in [7, 11) is 0. The zero-order chi connectivity index (χ0) is 27.9. The second-order valence-electron chi connectivity index (χ2n) is 8.90. The number of anilines is 3. The monoisotopic (exact) mass is 533 g/mol. The average Bonchev–Trinajstić information content (AvgIpc) is 3.00. The molecule has 0 saturated carbocycles. The number of aromatic hydroxyl groups is 2. The van der Waals surface area contributed by atoms with Crippen LogP contribution < -0.4 is 9.80 Å². The highest BCUT2D eigenvalue weighted by molar-refractivity contribution is 6.23. The van der Waals surface area contributed by atoms with Crippen LogP contribution in [0.25, 0.3) is 11.1 Å². The molecule has 0 bridgehead atoms. The van der Waals surface area contributed by atoms with E-state index in [9.17, 15) is 33.0 Å². The van der Waals surface area contributed by atoms with E-state index in [1.54, 1.807) is 49.4 Å². The van der Waals surface area contributed by atoms with Gasteiger partial charge in [-0.25, -0.2) is 0 Å². The third-order valence-electron chi connectivity index (χ3n) is 6.57. The molecule has 198 valence electrons. The van der Waals surface area contributed by atoms with E-state index in [4.69, 9.17) is 0 Å². The van der Waals surface area contributed by atoms with E-state index in [-0.39, 0.29) is 40.5 Å². The quantitative estimate of drug-likeness (QED) is 0.314. The number of hydrogen-bond donors (Lipinski definition) is 2. The Hall–Kier alpha value is -4.86. The van der Waals surface area contributed by atoms with Gasteiger partial charge in [-0.1, -0.05) is 24.3 Å². The number of carbonyl (C=O) groups excluding carboxylic acids is 2. The van der Waals surface area contributed by atoms with E-state index in [1.807, 2.05) is 0 Å². The molecule has 2 amide bonds. The Kier molecular flexibility index (Phi) is 6.47. The zero-order valence-corrected chi connectivity index (χ0v) is 20.6. The van der Waals surface area contributed by atoms with Crippen LogP contribution in [0.2, 0.25) is 0 Å². The first-order valence-corrected chi connectivity index (χ1v) is 12.0. The first kappa shape index (κ1) is 25.8. The molecule has 0 fully saturated rings. The van der Waals surface area contributed by atoms with Crippen LogP contribution >= 0.6 is 0 Å². The number of fused-ring (bicyclic) bond motifs is 1. The van der Waals surface area contributed by atoms with Crippen molar-refractivity contribution in [1.82, 2.24) is 4.98 Å². The van der Waals surface area contributed by atoms with Gasteiger partial charge >= 0.3 is 6.18 Å². The maximum absolute atomic E-state index is 14.2. The molecule has 1 aliphatic rings. The standard InChI is InChI=1S/C29H22F3N3O4/c1-2-34-22-11-10-18(29(30,31)32)13-23(22)35(19-8-4-3-5-9-19)28(39)26(27(34)38)21-14-20(24(36)15-25(21)37)17-7-6-12-33-16-17/h3-16,26,36-37H,2H2,1H3. The molecule has 3 aromatic carbocycles. The summed E-state index contributed by atoms with van der Waals surface area (Å²) in [6.07, 6.45) is -1.69. The Morgan fingerprint density at radius 3 is 2.26 bits per heavy atom. The number of alkyl halides is 3. The highest BCUT2D eigenvalue weighted by Gasteiger charge is 2.44. The summed E-state index contributed by atoms with van der Waals surface area (Å²) >= 11 is 0. The maximum Gasteiger partial charge on any atom is 0.416 e. The molecule has 1 aromatic heterocycles. The minimum Gasteiger partial charge on any atom is -0.507 e. The van der Waals surface area contributed by atoms with Gasteiger partial charge < -0.3 is 15.1 Å². The topological polar surface area (TPSA) is 94.0 Å². The number of benzene rings is 3. The molecule has 2 heterocycles. The van der Waals surface area contributed by atoms with Gasteiger partial charge in [-0.05, 0) is 49.4 Å². The molecule has 0 saturated heterocycles. The predicted molar refractivity (Wildman–Crippen MR) is 139 cm³/mol. The summed E-state index contributed by atoms with van der Waals surface area (Å²) in [6, 6.07) is 16.5. The van der Waals surface area contributed by atoms with Gasteiger partial charge in [-0.3, -0.25) is 19.5 Å². The molecule has 1 atom stereocenters. The van der Waals surface area contributed by atoms with Crippen LogP contribution in [-0.2, 0) is 15.8 Å². The van der Waals surface area contributed by atoms with Gasteiger partial charge in [-0.2, -0.15) is 13.2 Å². The number of likely N-dealkylation sites (N-methyl/N-ethyl adjacent to an activating group) is 1. The molecule has 5 rings (SSSR count). The number of halogens is 3. The van der Waals surface area contributed by atoms with Crippen molar-refractivity contribution in [2.24, 2.45) is 0 Å². The molecular formula is C29H22F3N3O4. The fraction of sp³-hybridized carbons (Fsp3) is 0.138. The van der Waals surface area contributed by atoms with Gasteiger partial charge in [-0.15, -0.1) is 0 Å². The molecule has 4 aromatic rings. The van der Waals surface area contributed by atoms with E-state index in [2.05, 4.69) is 4.98 Å². The second-order valence-corrected chi connectivity index (χ2v) is 8.90. The Balaban J connectivity index is 1.77. The summed E-state index contributed by atoms with van der Waals surface area (Å²) in [5.74, 6) is -4.05. The molecule has 0 spiro atoms. The predicted octanol–water partition coefficient (Wildman–Crippen LogP) is 5.99. The lowest BCUT2D eigenvalue weighted by Gasteiger charge is -2.26. The van der Waals surface area contributed by atoms with Crippen LogP contribution in [0, 0.1) is 0 Å². The third kappa shape index (κ3) is 4.54. The van der Waals surface area contributed by atoms with Gasteiger partial charge in [0.05, 0.1) is 16.9 Å². The number of hydrogen-bond acceptors (Lipinski definition) is 5. The van der Waals surface area contributed by atoms with Crippen molar-refractivity contribution in [3.05, 3.63) is 96.3 Å². The van der Waals surface area contributed by atoms with E-state index >= 15 is 0 Å². The minimum absolute atomic E-state index is 0.0396. The smallest absolute Gasteiger partial charge is 0.416 e. The van der Waals surface area contributed by atoms with E-state index in [0.717, 1.165) is 23.1 Å². The molecule has 10 heteroatoms. The van der Waals surface area contributed by atoms with Crippen molar-refractivity contribution in [2.45, 2.75) is 19.0 Å².